The van der Waals surface area contributed by atoms with Crippen LogP contribution in [0, 0.1) is 0 Å². The van der Waals surface area contributed by atoms with Crippen molar-refractivity contribution in [2.24, 2.45) is 0 Å². The maximum Gasteiger partial charge on any atom is 0.161 e. The Hall–Kier alpha value is -0.510. The van der Waals surface area contributed by atoms with Crippen molar-refractivity contribution in [2.45, 2.75) is 11.8 Å². The number of thioether (sulfide) groups is 1. The van der Waals surface area contributed by atoms with E-state index in [1.165, 1.54) is 6.92 Å². The summed E-state index contributed by atoms with van der Waals surface area (Å²) in [6.45, 7) is 2.22. The molecule has 0 heterocycles. The molecule has 15 heavy (non-hydrogen) atoms. The zero-order valence-corrected chi connectivity index (χ0v) is 10.3. The maximum absolute atomic E-state index is 11.1. The van der Waals surface area contributed by atoms with E-state index in [0.717, 1.165) is 10.6 Å². The lowest BCUT2D eigenvalue weighted by atomic mass is 10.1. The second-order valence-electron chi connectivity index (χ2n) is 3.04. The molecular formula is C11H13ClO2S. The molecule has 0 saturated heterocycles. The molecule has 1 aromatic rings. The number of ether oxygens (including phenoxy) is 1. The second-order valence-corrected chi connectivity index (χ2v) is 4.61. The lowest BCUT2D eigenvalue weighted by Crippen LogP contribution is -1.94. The lowest BCUT2D eigenvalue weighted by molar-refractivity contribution is 0.101. The third-order valence-electron chi connectivity index (χ3n) is 1.88. The molecular weight excluding hydrogens is 232 g/mol. The van der Waals surface area contributed by atoms with Crippen LogP contribution in [0.1, 0.15) is 17.3 Å². The van der Waals surface area contributed by atoms with Gasteiger partial charge in [-0.15, -0.1) is 11.8 Å². The van der Waals surface area contributed by atoms with Crippen molar-refractivity contribution in [2.75, 3.05) is 19.5 Å². The molecule has 0 aromatic heterocycles. The Kier molecular flexibility index (Phi) is 5.15. The molecule has 0 radical (unpaired) electrons. The van der Waals surface area contributed by atoms with E-state index in [1.807, 2.05) is 12.1 Å². The van der Waals surface area contributed by atoms with Crippen LogP contribution in [-0.4, -0.2) is 25.3 Å². The Balaban J connectivity index is 2.69. The van der Waals surface area contributed by atoms with Crippen LogP contribution in [0.2, 0.25) is 5.02 Å². The molecule has 0 spiro atoms. The summed E-state index contributed by atoms with van der Waals surface area (Å²) in [6, 6.07) is 5.49. The van der Waals surface area contributed by atoms with Gasteiger partial charge in [-0.25, -0.2) is 0 Å². The summed E-state index contributed by atoms with van der Waals surface area (Å²) in [4.78, 5) is 12.2. The van der Waals surface area contributed by atoms with Gasteiger partial charge in [-0.3, -0.25) is 4.79 Å². The highest BCUT2D eigenvalue weighted by Crippen LogP contribution is 2.25. The highest BCUT2D eigenvalue weighted by molar-refractivity contribution is 7.99. The first-order chi connectivity index (χ1) is 7.15. The van der Waals surface area contributed by atoms with Gasteiger partial charge < -0.3 is 4.74 Å². The van der Waals surface area contributed by atoms with Gasteiger partial charge >= 0.3 is 0 Å². The van der Waals surface area contributed by atoms with E-state index in [9.17, 15) is 4.79 Å². The Labute approximate surface area is 99.0 Å². The molecule has 0 N–H and O–H groups in total. The summed E-state index contributed by atoms with van der Waals surface area (Å²) < 4.78 is 4.95. The van der Waals surface area contributed by atoms with Crippen LogP contribution in [0.3, 0.4) is 0 Å². The molecule has 0 amide bonds. The van der Waals surface area contributed by atoms with Gasteiger partial charge in [0.05, 0.1) is 11.6 Å². The third-order valence-corrected chi connectivity index (χ3v) is 3.15. The van der Waals surface area contributed by atoms with Crippen LogP contribution in [0.15, 0.2) is 23.1 Å². The number of rotatable bonds is 5. The van der Waals surface area contributed by atoms with Gasteiger partial charge in [0.15, 0.2) is 5.78 Å². The van der Waals surface area contributed by atoms with Gasteiger partial charge in [-0.1, -0.05) is 11.6 Å². The van der Waals surface area contributed by atoms with Gasteiger partial charge in [0, 0.05) is 23.3 Å². The van der Waals surface area contributed by atoms with Crippen molar-refractivity contribution in [3.63, 3.8) is 0 Å². The summed E-state index contributed by atoms with van der Waals surface area (Å²) in [6.07, 6.45) is 0. The van der Waals surface area contributed by atoms with Crippen LogP contribution < -0.4 is 0 Å². The zero-order chi connectivity index (χ0) is 11.3. The number of halogens is 1. The van der Waals surface area contributed by atoms with E-state index in [4.69, 9.17) is 16.3 Å². The number of ketones is 1. The van der Waals surface area contributed by atoms with Crippen LogP contribution in [0.25, 0.3) is 0 Å². The van der Waals surface area contributed by atoms with Crippen LogP contribution in [0.5, 0.6) is 0 Å². The molecule has 0 aliphatic heterocycles. The fourth-order valence-corrected chi connectivity index (χ4v) is 2.34. The van der Waals surface area contributed by atoms with E-state index in [-0.39, 0.29) is 5.78 Å². The van der Waals surface area contributed by atoms with Gasteiger partial charge in [0.2, 0.25) is 0 Å². The standard InChI is InChI=1S/C11H13ClO2S/c1-8(13)10-4-3-9(7-11(10)12)15-6-5-14-2/h3-4,7H,5-6H2,1-2H3. The first-order valence-corrected chi connectivity index (χ1v) is 5.93. The molecule has 0 atom stereocenters. The molecule has 0 aliphatic carbocycles. The van der Waals surface area contributed by atoms with Crippen molar-refractivity contribution in [3.8, 4) is 0 Å². The predicted molar refractivity (Wildman–Crippen MR) is 64.1 cm³/mol. The second kappa shape index (κ2) is 6.16. The molecule has 4 heteroatoms. The van der Waals surface area contributed by atoms with Gasteiger partial charge in [0.25, 0.3) is 0 Å². The first-order valence-electron chi connectivity index (χ1n) is 4.57. The highest BCUT2D eigenvalue weighted by atomic mass is 35.5. The molecule has 0 saturated carbocycles. The summed E-state index contributed by atoms with van der Waals surface area (Å²) >= 11 is 7.63. The lowest BCUT2D eigenvalue weighted by Gasteiger charge is -2.04. The number of benzene rings is 1. The summed E-state index contributed by atoms with van der Waals surface area (Å²) in [5.41, 5.74) is 0.577. The van der Waals surface area contributed by atoms with Crippen LogP contribution >= 0.6 is 23.4 Å². The van der Waals surface area contributed by atoms with E-state index in [1.54, 1.807) is 24.9 Å². The summed E-state index contributed by atoms with van der Waals surface area (Å²) in [7, 11) is 1.67. The zero-order valence-electron chi connectivity index (χ0n) is 8.75. The summed E-state index contributed by atoms with van der Waals surface area (Å²) in [5, 5.41) is 0.518. The molecule has 2 nitrogen and oxygen atoms in total. The minimum Gasteiger partial charge on any atom is -0.384 e. The summed E-state index contributed by atoms with van der Waals surface area (Å²) in [5.74, 6) is 0.875. The van der Waals surface area contributed by atoms with Crippen LogP contribution in [-0.2, 0) is 4.74 Å². The van der Waals surface area contributed by atoms with Crippen molar-refractivity contribution in [1.29, 1.82) is 0 Å². The number of Topliss-reactive ketones (excluding diaryl/α,β-unsaturated/α-hetero) is 1. The van der Waals surface area contributed by atoms with Crippen molar-refractivity contribution < 1.29 is 9.53 Å². The minimum atomic E-state index is -0.00607. The predicted octanol–water partition coefficient (Wildman–Crippen LogP) is 3.28. The Morgan fingerprint density at radius 3 is 2.80 bits per heavy atom. The fourth-order valence-electron chi connectivity index (χ4n) is 1.11. The van der Waals surface area contributed by atoms with Crippen molar-refractivity contribution in [1.82, 2.24) is 0 Å². The number of carbonyl (C=O) groups excluding carboxylic acids is 1. The van der Waals surface area contributed by atoms with Gasteiger partial charge in [0.1, 0.15) is 0 Å². The molecule has 1 rings (SSSR count). The monoisotopic (exact) mass is 244 g/mol. The smallest absolute Gasteiger partial charge is 0.161 e. The Morgan fingerprint density at radius 1 is 1.53 bits per heavy atom. The van der Waals surface area contributed by atoms with E-state index < -0.39 is 0 Å². The van der Waals surface area contributed by atoms with E-state index in [2.05, 4.69) is 0 Å². The number of hydrogen-bond acceptors (Lipinski definition) is 3. The molecule has 0 aliphatic rings. The van der Waals surface area contributed by atoms with Gasteiger partial charge in [-0.05, 0) is 25.1 Å². The maximum atomic E-state index is 11.1. The number of methoxy groups -OCH3 is 1. The Bertz CT molecular complexity index is 352. The largest absolute Gasteiger partial charge is 0.384 e. The SMILES string of the molecule is COCCSc1ccc(C(C)=O)c(Cl)c1. The fraction of sp³-hybridized carbons (Fsp3) is 0.364. The molecule has 0 unspecified atom stereocenters. The normalized spacial score (nSPS) is 10.3. The quantitative estimate of drug-likeness (QED) is 0.452. The average molecular weight is 245 g/mol. The number of hydrogen-bond donors (Lipinski definition) is 0. The molecule has 0 bridgehead atoms. The highest BCUT2D eigenvalue weighted by Gasteiger charge is 2.06. The van der Waals surface area contributed by atoms with Gasteiger partial charge in [-0.2, -0.15) is 0 Å². The molecule has 0 fully saturated rings. The van der Waals surface area contributed by atoms with Crippen LogP contribution in [0.4, 0.5) is 0 Å². The first kappa shape index (κ1) is 12.6. The Morgan fingerprint density at radius 2 is 2.27 bits per heavy atom. The molecule has 82 valence electrons. The number of carbonyl (C=O) groups is 1. The van der Waals surface area contributed by atoms with E-state index in [0.29, 0.717) is 17.2 Å². The minimum absolute atomic E-state index is 0.00607. The third kappa shape index (κ3) is 3.86. The van der Waals surface area contributed by atoms with Crippen molar-refractivity contribution >= 4 is 29.1 Å². The average Bonchev–Trinajstić information content (AvgIpc) is 2.17. The molecule has 1 aromatic carbocycles. The van der Waals surface area contributed by atoms with Crippen molar-refractivity contribution in [3.05, 3.63) is 28.8 Å². The van der Waals surface area contributed by atoms with E-state index >= 15 is 0 Å². The topological polar surface area (TPSA) is 26.3 Å².